The number of fused-ring (bicyclic) bond motifs is 1. The number of hydrogen-bond acceptors (Lipinski definition) is 5. The maximum absolute atomic E-state index is 10.8. The van der Waals surface area contributed by atoms with E-state index in [1.165, 1.54) is 0 Å². The molecule has 0 spiro atoms. The summed E-state index contributed by atoms with van der Waals surface area (Å²) in [4.78, 5) is 10.8. The van der Waals surface area contributed by atoms with E-state index < -0.39 is 12.0 Å². The summed E-state index contributed by atoms with van der Waals surface area (Å²) in [7, 11) is 0. The Morgan fingerprint density at radius 3 is 2.83 bits per heavy atom. The van der Waals surface area contributed by atoms with Gasteiger partial charge < -0.3 is 24.7 Å². The Morgan fingerprint density at radius 1 is 1.33 bits per heavy atom. The number of aliphatic carboxylic acids is 1. The highest BCUT2D eigenvalue weighted by atomic mass is 32.2. The maximum atomic E-state index is 10.8. The zero-order valence-corrected chi connectivity index (χ0v) is 10.4. The summed E-state index contributed by atoms with van der Waals surface area (Å²) in [5.74, 6) is 1.07. The topological polar surface area (TPSA) is 75.2 Å². The van der Waals surface area contributed by atoms with Crippen LogP contribution in [0.2, 0.25) is 0 Å². The number of quaternary nitrogens is 1. The first kappa shape index (κ1) is 11.7. The molecule has 0 bridgehead atoms. The van der Waals surface area contributed by atoms with Crippen molar-refractivity contribution in [2.45, 2.75) is 11.4 Å². The highest BCUT2D eigenvalue weighted by Crippen LogP contribution is 2.35. The van der Waals surface area contributed by atoms with Gasteiger partial charge in [0.25, 0.3) is 0 Å². The van der Waals surface area contributed by atoms with Crippen LogP contribution in [0.25, 0.3) is 0 Å². The second kappa shape index (κ2) is 4.70. The van der Waals surface area contributed by atoms with E-state index >= 15 is 0 Å². The van der Waals surface area contributed by atoms with Crippen LogP contribution in [-0.4, -0.2) is 31.0 Å². The van der Waals surface area contributed by atoms with E-state index in [9.17, 15) is 9.90 Å². The molecule has 0 saturated carbocycles. The summed E-state index contributed by atoms with van der Waals surface area (Å²) in [6, 6.07) is 5.30. The largest absolute Gasteiger partial charge is 0.544 e. The molecule has 0 aromatic heterocycles. The molecule has 0 aliphatic carbocycles. The van der Waals surface area contributed by atoms with Gasteiger partial charge in [0.2, 0.25) is 0 Å². The lowest BCUT2D eigenvalue weighted by Gasteiger charge is -2.19. The minimum atomic E-state index is -0.998. The van der Waals surface area contributed by atoms with Crippen molar-refractivity contribution in [2.24, 2.45) is 0 Å². The monoisotopic (exact) mass is 267 g/mol. The van der Waals surface area contributed by atoms with Crippen molar-refractivity contribution < 1.29 is 24.7 Å². The first-order chi connectivity index (χ1) is 8.74. The molecule has 0 unspecified atom stereocenters. The highest BCUT2D eigenvalue weighted by Gasteiger charge is 2.31. The van der Waals surface area contributed by atoms with Gasteiger partial charge in [0, 0.05) is 5.56 Å². The third-order valence-electron chi connectivity index (χ3n) is 3.06. The molecule has 6 heteroatoms. The third kappa shape index (κ3) is 2.13. The number of carboxylic acid groups (broad SMARTS) is 1. The van der Waals surface area contributed by atoms with E-state index in [0.29, 0.717) is 19.0 Å². The Hall–Kier alpha value is -1.40. The molecule has 2 atom stereocenters. The van der Waals surface area contributed by atoms with Crippen molar-refractivity contribution >= 4 is 17.7 Å². The van der Waals surface area contributed by atoms with E-state index in [4.69, 9.17) is 9.47 Å². The van der Waals surface area contributed by atoms with Gasteiger partial charge in [-0.25, -0.2) is 0 Å². The SMILES string of the molecule is O=C([O-])[C@@H]1CS[C@H](c2ccc3c(c2)OCCO3)[NH2+]1. The molecule has 96 valence electrons. The van der Waals surface area contributed by atoms with Crippen molar-refractivity contribution in [2.75, 3.05) is 19.0 Å². The van der Waals surface area contributed by atoms with E-state index in [0.717, 1.165) is 17.1 Å². The minimum absolute atomic E-state index is 0.0868. The lowest BCUT2D eigenvalue weighted by molar-refractivity contribution is -0.690. The fraction of sp³-hybridized carbons (Fsp3) is 0.417. The van der Waals surface area contributed by atoms with Crippen molar-refractivity contribution in [3.8, 4) is 11.5 Å². The normalized spacial score (nSPS) is 26.0. The first-order valence-electron chi connectivity index (χ1n) is 5.81. The smallest absolute Gasteiger partial charge is 0.161 e. The molecule has 2 aliphatic rings. The number of nitrogens with two attached hydrogens (primary N) is 1. The quantitative estimate of drug-likeness (QED) is 0.735. The third-order valence-corrected chi connectivity index (χ3v) is 4.40. The standard InChI is InChI=1S/C12H13NO4S/c14-12(15)8-6-18-11(13-8)7-1-2-9-10(5-7)17-4-3-16-9/h1-2,5,8,11,13H,3-4,6H2,(H,14,15)/t8-,11+/m0/s1. The van der Waals surface area contributed by atoms with Crippen molar-refractivity contribution in [1.82, 2.24) is 0 Å². The molecule has 1 fully saturated rings. The second-order valence-electron chi connectivity index (χ2n) is 4.28. The number of carbonyl (C=O) groups excluding carboxylic acids is 1. The fourth-order valence-corrected chi connectivity index (χ4v) is 3.42. The maximum Gasteiger partial charge on any atom is 0.161 e. The van der Waals surface area contributed by atoms with Gasteiger partial charge in [-0.05, 0) is 18.2 Å². The molecular weight excluding hydrogens is 254 g/mol. The van der Waals surface area contributed by atoms with Crippen molar-refractivity contribution in [3.05, 3.63) is 23.8 Å². The lowest BCUT2D eigenvalue weighted by atomic mass is 10.2. The van der Waals surface area contributed by atoms with Crippen LogP contribution in [0.3, 0.4) is 0 Å². The molecule has 1 saturated heterocycles. The van der Waals surface area contributed by atoms with Gasteiger partial charge in [0.15, 0.2) is 16.9 Å². The van der Waals surface area contributed by atoms with Crippen molar-refractivity contribution in [3.63, 3.8) is 0 Å². The van der Waals surface area contributed by atoms with Crippen LogP contribution >= 0.6 is 11.8 Å². The van der Waals surface area contributed by atoms with Gasteiger partial charge in [0.05, 0.1) is 5.75 Å². The zero-order valence-electron chi connectivity index (χ0n) is 9.63. The predicted molar refractivity (Wildman–Crippen MR) is 63.4 cm³/mol. The Balaban J connectivity index is 1.79. The number of hydrogen-bond donors (Lipinski definition) is 1. The summed E-state index contributed by atoms with van der Waals surface area (Å²) in [5.41, 5.74) is 1.05. The molecule has 2 heterocycles. The summed E-state index contributed by atoms with van der Waals surface area (Å²) < 4.78 is 11.0. The first-order valence-corrected chi connectivity index (χ1v) is 6.86. The lowest BCUT2D eigenvalue weighted by Crippen LogP contribution is -2.90. The number of rotatable bonds is 2. The van der Waals surface area contributed by atoms with Crippen LogP contribution in [0.15, 0.2) is 18.2 Å². The molecule has 3 rings (SSSR count). The van der Waals surface area contributed by atoms with Crippen LogP contribution in [0.5, 0.6) is 11.5 Å². The number of benzene rings is 1. The van der Waals surface area contributed by atoms with Crippen LogP contribution in [0.1, 0.15) is 10.9 Å². The van der Waals surface area contributed by atoms with Crippen molar-refractivity contribution in [1.29, 1.82) is 0 Å². The summed E-state index contributed by atoms with van der Waals surface area (Å²) >= 11 is 1.61. The van der Waals surface area contributed by atoms with Crippen LogP contribution in [0.4, 0.5) is 0 Å². The van der Waals surface area contributed by atoms with Gasteiger partial charge >= 0.3 is 0 Å². The van der Waals surface area contributed by atoms with E-state index in [1.807, 2.05) is 23.5 Å². The molecule has 2 aliphatic heterocycles. The molecule has 1 aromatic carbocycles. The average molecular weight is 267 g/mol. The van der Waals surface area contributed by atoms with Gasteiger partial charge in [-0.2, -0.15) is 0 Å². The Labute approximate surface area is 108 Å². The molecule has 18 heavy (non-hydrogen) atoms. The summed E-state index contributed by atoms with van der Waals surface area (Å²) in [6.45, 7) is 1.13. The molecule has 2 N–H and O–H groups in total. The molecule has 0 amide bonds. The fourth-order valence-electron chi connectivity index (χ4n) is 2.12. The molecule has 1 aromatic rings. The highest BCUT2D eigenvalue weighted by molar-refractivity contribution is 7.99. The van der Waals surface area contributed by atoms with E-state index in [2.05, 4.69) is 0 Å². The van der Waals surface area contributed by atoms with Gasteiger partial charge in [0.1, 0.15) is 25.2 Å². The summed E-state index contributed by atoms with van der Waals surface area (Å²) in [6.07, 6.45) is 0. The van der Waals surface area contributed by atoms with Crippen LogP contribution < -0.4 is 19.9 Å². The summed E-state index contributed by atoms with van der Waals surface area (Å²) in [5, 5.41) is 12.7. The van der Waals surface area contributed by atoms with Crippen LogP contribution in [-0.2, 0) is 4.79 Å². The Morgan fingerprint density at radius 2 is 2.11 bits per heavy atom. The molecular formula is C12H13NO4S. The Kier molecular flexibility index (Phi) is 3.05. The van der Waals surface area contributed by atoms with E-state index in [-0.39, 0.29) is 5.37 Å². The molecule has 0 radical (unpaired) electrons. The number of carboxylic acids is 1. The second-order valence-corrected chi connectivity index (χ2v) is 5.45. The number of thioether (sulfide) groups is 1. The van der Waals surface area contributed by atoms with Gasteiger partial charge in [-0.3, -0.25) is 0 Å². The van der Waals surface area contributed by atoms with Gasteiger partial charge in [-0.1, -0.05) is 11.8 Å². The van der Waals surface area contributed by atoms with E-state index in [1.54, 1.807) is 11.8 Å². The number of carbonyl (C=O) groups is 1. The van der Waals surface area contributed by atoms with Crippen LogP contribution in [0, 0.1) is 0 Å². The molecule has 5 nitrogen and oxygen atoms in total. The van der Waals surface area contributed by atoms with Gasteiger partial charge in [-0.15, -0.1) is 0 Å². The predicted octanol–water partition coefficient (Wildman–Crippen LogP) is -1.11. The zero-order chi connectivity index (χ0) is 12.5. The Bertz CT molecular complexity index is 479. The average Bonchev–Trinajstić information content (AvgIpc) is 2.88. The number of ether oxygens (including phenoxy) is 2. The minimum Gasteiger partial charge on any atom is -0.544 e.